The molecule has 2 aliphatic rings. The molecule has 11 heteroatoms. The maximum atomic E-state index is 13.0. The number of rotatable bonds is 9. The quantitative estimate of drug-likeness (QED) is 0.362. The van der Waals surface area contributed by atoms with Crippen molar-refractivity contribution in [3.05, 3.63) is 77.0 Å². The Morgan fingerprint density at radius 2 is 1.76 bits per heavy atom. The van der Waals surface area contributed by atoms with Gasteiger partial charge in [0, 0.05) is 62.6 Å². The fraction of sp³-hybridized carbons (Fsp3) is 0.400. The van der Waals surface area contributed by atoms with E-state index in [2.05, 4.69) is 15.2 Å². The molecule has 9 nitrogen and oxygen atoms in total. The fourth-order valence-corrected chi connectivity index (χ4v) is 7.02. The molecule has 0 spiro atoms. The summed E-state index contributed by atoms with van der Waals surface area (Å²) in [6, 6.07) is 15.5. The third-order valence-corrected chi connectivity index (χ3v) is 9.76. The Balaban J connectivity index is 1.11. The van der Waals surface area contributed by atoms with Crippen LogP contribution in [-0.4, -0.2) is 87.9 Å². The monoisotopic (exact) mass is 593 g/mol. The van der Waals surface area contributed by atoms with E-state index in [9.17, 15) is 19.5 Å². The topological polar surface area (TPSA) is 106 Å². The van der Waals surface area contributed by atoms with Crippen LogP contribution in [0.5, 0.6) is 0 Å². The number of anilines is 1. The van der Waals surface area contributed by atoms with Gasteiger partial charge in [0.05, 0.1) is 17.0 Å². The summed E-state index contributed by atoms with van der Waals surface area (Å²) >= 11 is 3.03. The first kappa shape index (κ1) is 29.2. The largest absolute Gasteiger partial charge is 0.395 e. The second-order valence-electron chi connectivity index (χ2n) is 10.4. The van der Waals surface area contributed by atoms with Crippen LogP contribution in [0.15, 0.2) is 58.9 Å². The highest BCUT2D eigenvalue weighted by molar-refractivity contribution is 8.00. The maximum absolute atomic E-state index is 13.0. The van der Waals surface area contributed by atoms with E-state index in [1.807, 2.05) is 48.5 Å². The van der Waals surface area contributed by atoms with Crippen LogP contribution in [0.2, 0.25) is 0 Å². The lowest BCUT2D eigenvalue weighted by Gasteiger charge is -2.34. The van der Waals surface area contributed by atoms with Gasteiger partial charge in [0.15, 0.2) is 5.13 Å². The summed E-state index contributed by atoms with van der Waals surface area (Å²) in [7, 11) is 0. The highest BCUT2D eigenvalue weighted by Gasteiger charge is 2.24. The van der Waals surface area contributed by atoms with Gasteiger partial charge in [-0.1, -0.05) is 35.6 Å². The molecule has 0 unspecified atom stereocenters. The molecule has 1 atom stereocenters. The van der Waals surface area contributed by atoms with Crippen LogP contribution in [0.1, 0.15) is 51.6 Å². The predicted molar refractivity (Wildman–Crippen MR) is 161 cm³/mol. The molecule has 41 heavy (non-hydrogen) atoms. The number of aliphatic hydroxyl groups excluding tert-OH is 1. The lowest BCUT2D eigenvalue weighted by Crippen LogP contribution is -2.50. The molecule has 0 saturated carbocycles. The standard InChI is InChI=1S/C30H35N5O4S2/c1-21(37)33-12-14-34(15-13-33)29(39)25-5-2-4-23(16-25)20-40-27-17-31-30(41-27)32-28(38)24-9-7-22(8-10-24)18-35-11-3-6-26(35)19-36/h2,4-5,7-10,16-17,26,36H,3,6,11-15,18-20H2,1H3,(H,31,32,38)/t26-/m0/s1. The minimum absolute atomic E-state index is 0.0127. The van der Waals surface area contributed by atoms with Gasteiger partial charge in [-0.25, -0.2) is 4.98 Å². The third kappa shape index (κ3) is 7.53. The van der Waals surface area contributed by atoms with Crippen molar-refractivity contribution in [3.63, 3.8) is 0 Å². The lowest BCUT2D eigenvalue weighted by atomic mass is 10.1. The van der Waals surface area contributed by atoms with Gasteiger partial charge in [-0.15, -0.1) is 11.8 Å². The lowest BCUT2D eigenvalue weighted by molar-refractivity contribution is -0.130. The van der Waals surface area contributed by atoms with Gasteiger partial charge in [-0.3, -0.25) is 24.6 Å². The van der Waals surface area contributed by atoms with Crippen LogP contribution < -0.4 is 5.32 Å². The summed E-state index contributed by atoms with van der Waals surface area (Å²) in [4.78, 5) is 47.6. The molecule has 0 radical (unpaired) electrons. The van der Waals surface area contributed by atoms with E-state index in [1.54, 1.807) is 34.7 Å². The first-order valence-corrected chi connectivity index (χ1v) is 15.7. The van der Waals surface area contributed by atoms with Gasteiger partial charge in [0.2, 0.25) is 5.91 Å². The molecule has 5 rings (SSSR count). The van der Waals surface area contributed by atoms with Crippen molar-refractivity contribution in [2.45, 2.75) is 42.3 Å². The molecule has 3 aromatic rings. The Hall–Kier alpha value is -3.25. The van der Waals surface area contributed by atoms with Gasteiger partial charge in [0.25, 0.3) is 11.8 Å². The number of piperazine rings is 1. The van der Waals surface area contributed by atoms with Gasteiger partial charge < -0.3 is 14.9 Å². The molecule has 2 aromatic carbocycles. The molecule has 216 valence electrons. The first-order valence-electron chi connectivity index (χ1n) is 13.9. The van der Waals surface area contributed by atoms with Gasteiger partial charge >= 0.3 is 0 Å². The van der Waals surface area contributed by atoms with Crippen molar-refractivity contribution in [3.8, 4) is 0 Å². The van der Waals surface area contributed by atoms with Crippen molar-refractivity contribution >= 4 is 46.0 Å². The van der Waals surface area contributed by atoms with Crippen LogP contribution in [0.25, 0.3) is 0 Å². The number of hydrogen-bond donors (Lipinski definition) is 2. The number of carbonyl (C=O) groups excluding carboxylic acids is 3. The Kier molecular flexibility index (Phi) is 9.71. The van der Waals surface area contributed by atoms with Crippen LogP contribution in [0.3, 0.4) is 0 Å². The average molecular weight is 594 g/mol. The Morgan fingerprint density at radius 3 is 2.49 bits per heavy atom. The third-order valence-electron chi connectivity index (χ3n) is 7.58. The average Bonchev–Trinajstić information content (AvgIpc) is 3.65. The number of amides is 3. The molecule has 3 amide bonds. The number of hydrogen-bond acceptors (Lipinski definition) is 8. The molecule has 2 fully saturated rings. The van der Waals surface area contributed by atoms with Crippen LogP contribution in [-0.2, 0) is 17.1 Å². The molecule has 0 aliphatic carbocycles. The molecule has 2 saturated heterocycles. The SMILES string of the molecule is CC(=O)N1CCN(C(=O)c2cccc(CSc3cnc(NC(=O)c4ccc(CN5CCC[C@H]5CO)cc4)s3)c2)CC1. The number of nitrogens with one attached hydrogen (secondary N) is 1. The number of likely N-dealkylation sites (tertiary alicyclic amines) is 1. The van der Waals surface area contributed by atoms with E-state index in [4.69, 9.17) is 0 Å². The zero-order valence-corrected chi connectivity index (χ0v) is 24.8. The predicted octanol–water partition coefficient (Wildman–Crippen LogP) is 3.95. The van der Waals surface area contributed by atoms with Crippen molar-refractivity contribution in [2.24, 2.45) is 0 Å². The van der Waals surface area contributed by atoms with E-state index in [0.717, 1.165) is 41.3 Å². The Labute approximate surface area is 248 Å². The van der Waals surface area contributed by atoms with Crippen molar-refractivity contribution in [1.29, 1.82) is 0 Å². The van der Waals surface area contributed by atoms with Gasteiger partial charge in [0.1, 0.15) is 0 Å². The second-order valence-corrected chi connectivity index (χ2v) is 12.7. The smallest absolute Gasteiger partial charge is 0.257 e. The normalized spacial score (nSPS) is 17.6. The van der Waals surface area contributed by atoms with E-state index >= 15 is 0 Å². The summed E-state index contributed by atoms with van der Waals surface area (Å²) in [6.07, 6.45) is 3.89. The van der Waals surface area contributed by atoms with E-state index in [0.29, 0.717) is 48.2 Å². The molecule has 2 N–H and O–H groups in total. The van der Waals surface area contributed by atoms with Crippen molar-refractivity contribution in [2.75, 3.05) is 44.6 Å². The van der Waals surface area contributed by atoms with Crippen LogP contribution in [0.4, 0.5) is 5.13 Å². The number of aliphatic hydroxyl groups is 1. The minimum Gasteiger partial charge on any atom is -0.395 e. The molecule has 1 aromatic heterocycles. The Bertz CT molecular complexity index is 1370. The van der Waals surface area contributed by atoms with Gasteiger partial charge in [-0.2, -0.15) is 0 Å². The summed E-state index contributed by atoms with van der Waals surface area (Å²) in [5.74, 6) is 0.500. The highest BCUT2D eigenvalue weighted by atomic mass is 32.2. The first-order chi connectivity index (χ1) is 19.9. The van der Waals surface area contributed by atoms with E-state index in [1.165, 1.54) is 11.3 Å². The van der Waals surface area contributed by atoms with Crippen LogP contribution >= 0.6 is 23.1 Å². The zero-order valence-electron chi connectivity index (χ0n) is 23.1. The summed E-state index contributed by atoms with van der Waals surface area (Å²) < 4.78 is 0.969. The zero-order chi connectivity index (χ0) is 28.8. The molecule has 3 heterocycles. The van der Waals surface area contributed by atoms with Crippen molar-refractivity contribution < 1.29 is 19.5 Å². The minimum atomic E-state index is -0.202. The Morgan fingerprint density at radius 1 is 1.00 bits per heavy atom. The van der Waals surface area contributed by atoms with E-state index < -0.39 is 0 Å². The molecular weight excluding hydrogens is 558 g/mol. The van der Waals surface area contributed by atoms with E-state index in [-0.39, 0.29) is 30.4 Å². The second kappa shape index (κ2) is 13.6. The van der Waals surface area contributed by atoms with Crippen LogP contribution in [0, 0.1) is 0 Å². The number of aromatic nitrogens is 1. The highest BCUT2D eigenvalue weighted by Crippen LogP contribution is 2.31. The number of thiazole rings is 1. The number of carbonyl (C=O) groups is 3. The number of benzene rings is 2. The summed E-state index contributed by atoms with van der Waals surface area (Å²) in [5, 5.41) is 13.0. The summed E-state index contributed by atoms with van der Waals surface area (Å²) in [6.45, 7) is 5.72. The number of thioether (sulfide) groups is 1. The molecule has 2 aliphatic heterocycles. The molecular formula is C30H35N5O4S2. The number of nitrogens with zero attached hydrogens (tertiary/aromatic N) is 4. The fourth-order valence-electron chi connectivity index (χ4n) is 5.21. The summed E-state index contributed by atoms with van der Waals surface area (Å²) in [5.41, 5.74) is 3.37. The molecule has 0 bridgehead atoms. The maximum Gasteiger partial charge on any atom is 0.257 e. The van der Waals surface area contributed by atoms with Crippen molar-refractivity contribution in [1.82, 2.24) is 19.7 Å². The van der Waals surface area contributed by atoms with Gasteiger partial charge in [-0.05, 0) is 54.8 Å².